The van der Waals surface area contributed by atoms with Crippen LogP contribution < -0.4 is 0 Å². The summed E-state index contributed by atoms with van der Waals surface area (Å²) in [5, 5.41) is 19.7. The van der Waals surface area contributed by atoms with Crippen LogP contribution in [0.2, 0.25) is 0 Å². The van der Waals surface area contributed by atoms with Gasteiger partial charge in [0.1, 0.15) is 0 Å². The molecule has 0 unspecified atom stereocenters. The predicted molar refractivity (Wildman–Crippen MR) is 116 cm³/mol. The zero-order valence-electron chi connectivity index (χ0n) is 17.9. The molecule has 3 nitrogen and oxygen atoms in total. The summed E-state index contributed by atoms with van der Waals surface area (Å²) in [6.07, 6.45) is 3.75. The molecule has 4 rings (SSSR count). The summed E-state index contributed by atoms with van der Waals surface area (Å²) in [4.78, 5) is 0. The van der Waals surface area contributed by atoms with Crippen LogP contribution in [-0.4, -0.2) is 29.0 Å². The highest BCUT2D eigenvalue weighted by Gasteiger charge is 2.31. The quantitative estimate of drug-likeness (QED) is 0.748. The number of rotatable bonds is 5. The Balaban J connectivity index is 1.59. The van der Waals surface area contributed by atoms with Crippen molar-refractivity contribution in [3.8, 4) is 0 Å². The molecule has 1 heterocycles. The predicted octanol–water partition coefficient (Wildman–Crippen LogP) is 5.03. The number of hydrogen-bond donors (Lipinski definition) is 2. The average molecular weight is 395 g/mol. The maximum atomic E-state index is 10.2. The van der Waals surface area contributed by atoms with E-state index in [-0.39, 0.29) is 24.2 Å². The minimum absolute atomic E-state index is 0.0410. The largest absolute Gasteiger partial charge is 0.394 e. The van der Waals surface area contributed by atoms with E-state index in [0.717, 1.165) is 12.0 Å². The van der Waals surface area contributed by atoms with E-state index >= 15 is 0 Å². The Morgan fingerprint density at radius 3 is 2.34 bits per heavy atom. The summed E-state index contributed by atoms with van der Waals surface area (Å²) in [7, 11) is 0. The van der Waals surface area contributed by atoms with Crippen LogP contribution >= 0.6 is 0 Å². The molecule has 2 aromatic carbocycles. The molecule has 1 aliphatic heterocycles. The fraction of sp³-hybridized carbons (Fsp3) is 0.538. The molecule has 1 aliphatic carbocycles. The first-order valence-electron chi connectivity index (χ1n) is 11.0. The fourth-order valence-corrected chi connectivity index (χ4v) is 4.44. The van der Waals surface area contributed by atoms with E-state index < -0.39 is 6.10 Å². The van der Waals surface area contributed by atoms with Gasteiger partial charge in [0.25, 0.3) is 0 Å². The molecule has 29 heavy (non-hydrogen) atoms. The van der Waals surface area contributed by atoms with Crippen molar-refractivity contribution in [1.82, 2.24) is 0 Å². The first kappa shape index (κ1) is 20.6. The molecule has 0 spiro atoms. The molecule has 3 atom stereocenters. The van der Waals surface area contributed by atoms with Crippen LogP contribution in [0.25, 0.3) is 0 Å². The van der Waals surface area contributed by atoms with Crippen LogP contribution in [-0.2, 0) is 16.6 Å². The molecule has 156 valence electrons. The van der Waals surface area contributed by atoms with Gasteiger partial charge in [-0.3, -0.25) is 0 Å². The molecule has 2 fully saturated rings. The highest BCUT2D eigenvalue weighted by molar-refractivity contribution is 5.41. The third kappa shape index (κ3) is 4.91. The van der Waals surface area contributed by atoms with Gasteiger partial charge in [0.05, 0.1) is 24.9 Å². The third-order valence-corrected chi connectivity index (χ3v) is 6.35. The molecular weight excluding hydrogens is 360 g/mol. The molecule has 3 heteroatoms. The van der Waals surface area contributed by atoms with Crippen molar-refractivity contribution in [2.75, 3.05) is 6.61 Å². The topological polar surface area (TPSA) is 49.7 Å². The molecule has 1 saturated carbocycles. The molecule has 2 N–H and O–H groups in total. The Labute approximate surface area is 174 Å². The van der Waals surface area contributed by atoms with Gasteiger partial charge in [0.15, 0.2) is 0 Å². The Hall–Kier alpha value is -1.68. The lowest BCUT2D eigenvalue weighted by molar-refractivity contribution is -0.113. The second kappa shape index (κ2) is 8.22. The Bertz CT molecular complexity index is 830. The molecule has 2 aromatic rings. The van der Waals surface area contributed by atoms with Crippen molar-refractivity contribution in [3.05, 3.63) is 70.3 Å². The van der Waals surface area contributed by atoms with Gasteiger partial charge >= 0.3 is 0 Å². The SMILES string of the molecule is CC(C)(C)c1ccc(Cc2cc([C@H]3C[C@@H](O)C[C@@H](CO)O3)ccc2C2CC2)cc1. The van der Waals surface area contributed by atoms with Crippen molar-refractivity contribution < 1.29 is 14.9 Å². The standard InChI is InChI=1S/C26H34O3/c1-26(2,3)21-9-4-17(5-10-21)12-20-13-19(8-11-24(20)18-6-7-18)25-15-22(28)14-23(16-27)29-25/h4-5,8-11,13,18,22-23,25,27-28H,6-7,12,14-16H2,1-3H3/t22-,23-,25+/m0/s1. The lowest BCUT2D eigenvalue weighted by Gasteiger charge is -2.33. The van der Waals surface area contributed by atoms with E-state index in [1.807, 2.05) is 0 Å². The van der Waals surface area contributed by atoms with Crippen molar-refractivity contribution in [1.29, 1.82) is 0 Å². The lowest BCUT2D eigenvalue weighted by Crippen LogP contribution is -2.33. The van der Waals surface area contributed by atoms with E-state index in [9.17, 15) is 10.2 Å². The summed E-state index contributed by atoms with van der Waals surface area (Å²) in [6, 6.07) is 15.7. The third-order valence-electron chi connectivity index (χ3n) is 6.35. The fourth-order valence-electron chi connectivity index (χ4n) is 4.44. The van der Waals surface area contributed by atoms with Crippen molar-refractivity contribution in [2.45, 2.75) is 82.5 Å². The monoisotopic (exact) mass is 394 g/mol. The van der Waals surface area contributed by atoms with Crippen molar-refractivity contribution >= 4 is 0 Å². The number of hydrogen-bond acceptors (Lipinski definition) is 3. The first-order valence-corrected chi connectivity index (χ1v) is 11.0. The van der Waals surface area contributed by atoms with Gasteiger partial charge in [-0.25, -0.2) is 0 Å². The van der Waals surface area contributed by atoms with Crippen molar-refractivity contribution in [3.63, 3.8) is 0 Å². The van der Waals surface area contributed by atoms with Crippen LogP contribution in [0.1, 0.15) is 86.3 Å². The zero-order chi connectivity index (χ0) is 20.6. The lowest BCUT2D eigenvalue weighted by atomic mass is 9.86. The summed E-state index contributed by atoms with van der Waals surface area (Å²) < 4.78 is 6.06. The summed E-state index contributed by atoms with van der Waals surface area (Å²) in [5.74, 6) is 0.691. The Morgan fingerprint density at radius 1 is 1.00 bits per heavy atom. The van der Waals surface area contributed by atoms with Crippen LogP contribution in [0.15, 0.2) is 42.5 Å². The minimum atomic E-state index is -0.414. The van der Waals surface area contributed by atoms with E-state index in [4.69, 9.17) is 4.74 Å². The molecule has 0 amide bonds. The van der Waals surface area contributed by atoms with E-state index in [1.165, 1.54) is 35.1 Å². The van der Waals surface area contributed by atoms with Crippen LogP contribution in [0, 0.1) is 0 Å². The molecular formula is C26H34O3. The maximum Gasteiger partial charge on any atom is 0.0854 e. The molecule has 1 saturated heterocycles. The van der Waals surface area contributed by atoms with Crippen LogP contribution in [0.4, 0.5) is 0 Å². The highest BCUT2D eigenvalue weighted by atomic mass is 16.5. The minimum Gasteiger partial charge on any atom is -0.394 e. The smallest absolute Gasteiger partial charge is 0.0854 e. The highest BCUT2D eigenvalue weighted by Crippen LogP contribution is 2.43. The summed E-state index contributed by atoms with van der Waals surface area (Å²) in [6.45, 7) is 6.69. The average Bonchev–Trinajstić information content (AvgIpc) is 3.52. The van der Waals surface area contributed by atoms with Gasteiger partial charge in [-0.1, -0.05) is 63.2 Å². The van der Waals surface area contributed by atoms with Gasteiger partial charge < -0.3 is 14.9 Å². The Kier molecular flexibility index (Phi) is 5.83. The van der Waals surface area contributed by atoms with Gasteiger partial charge in [0.2, 0.25) is 0 Å². The number of aliphatic hydroxyl groups excluding tert-OH is 2. The summed E-state index contributed by atoms with van der Waals surface area (Å²) in [5.41, 5.74) is 6.81. The number of aliphatic hydroxyl groups is 2. The van der Waals surface area contributed by atoms with Gasteiger partial charge in [0, 0.05) is 12.8 Å². The zero-order valence-corrected chi connectivity index (χ0v) is 17.9. The Morgan fingerprint density at radius 2 is 1.72 bits per heavy atom. The second-order valence-corrected chi connectivity index (χ2v) is 9.91. The van der Waals surface area contributed by atoms with Gasteiger partial charge in [-0.05, 0) is 58.4 Å². The van der Waals surface area contributed by atoms with E-state index in [0.29, 0.717) is 18.8 Å². The van der Waals surface area contributed by atoms with E-state index in [2.05, 4.69) is 63.2 Å². The molecule has 0 radical (unpaired) electrons. The number of benzene rings is 2. The van der Waals surface area contributed by atoms with Crippen LogP contribution in [0.3, 0.4) is 0 Å². The number of ether oxygens (including phenoxy) is 1. The molecule has 0 aromatic heterocycles. The van der Waals surface area contributed by atoms with E-state index in [1.54, 1.807) is 0 Å². The second-order valence-electron chi connectivity index (χ2n) is 9.91. The van der Waals surface area contributed by atoms with Gasteiger partial charge in [-0.2, -0.15) is 0 Å². The normalized spacial score (nSPS) is 25.2. The van der Waals surface area contributed by atoms with Crippen LogP contribution in [0.5, 0.6) is 0 Å². The molecule has 0 bridgehead atoms. The molecule has 2 aliphatic rings. The van der Waals surface area contributed by atoms with Gasteiger partial charge in [-0.15, -0.1) is 0 Å². The summed E-state index contributed by atoms with van der Waals surface area (Å²) >= 11 is 0. The van der Waals surface area contributed by atoms with Crippen molar-refractivity contribution in [2.24, 2.45) is 0 Å². The first-order chi connectivity index (χ1) is 13.8. The maximum absolute atomic E-state index is 10.2.